The van der Waals surface area contributed by atoms with Gasteiger partial charge in [-0.25, -0.2) is 5.84 Å². The number of halogens is 3. The maximum Gasteiger partial charge on any atom is 0.416 e. The third-order valence-electron chi connectivity index (χ3n) is 1.89. The zero-order valence-electron chi connectivity index (χ0n) is 10.6. The fraction of sp³-hybridized carbons (Fsp3) is 0.333. The van der Waals surface area contributed by atoms with E-state index in [4.69, 9.17) is 11.6 Å². The largest absolute Gasteiger partial charge is 0.416 e. The summed E-state index contributed by atoms with van der Waals surface area (Å²) in [5.41, 5.74) is 5.71. The summed E-state index contributed by atoms with van der Waals surface area (Å²) in [6.45, 7) is 4.00. The predicted molar refractivity (Wildman–Crippen MR) is 66.9 cm³/mol. The van der Waals surface area contributed by atoms with Crippen LogP contribution in [0.25, 0.3) is 5.70 Å². The zero-order valence-corrected chi connectivity index (χ0v) is 10.6. The van der Waals surface area contributed by atoms with Crippen LogP contribution in [0.2, 0.25) is 0 Å². The molecule has 0 bridgehead atoms. The number of hydrogen-bond donors (Lipinski definition) is 2. The van der Waals surface area contributed by atoms with E-state index in [1.54, 1.807) is 7.05 Å². The first-order valence-electron chi connectivity index (χ1n) is 5.43. The molecule has 1 aromatic rings. The van der Waals surface area contributed by atoms with Crippen molar-refractivity contribution >= 4 is 5.70 Å². The van der Waals surface area contributed by atoms with Crippen LogP contribution in [0.4, 0.5) is 13.2 Å². The van der Waals surface area contributed by atoms with Crippen LogP contribution in [0.15, 0.2) is 30.5 Å². The molecular formula is C12H18F3N3. The number of rotatable bonds is 2. The smallest absolute Gasteiger partial charge is 0.397 e. The molecular weight excluding hydrogens is 243 g/mol. The summed E-state index contributed by atoms with van der Waals surface area (Å²) in [7, 11) is 1.57. The van der Waals surface area contributed by atoms with Crippen LogP contribution in [-0.2, 0) is 6.18 Å². The third-order valence-corrected chi connectivity index (χ3v) is 1.89. The van der Waals surface area contributed by atoms with Crippen molar-refractivity contribution < 1.29 is 13.2 Å². The van der Waals surface area contributed by atoms with Crippen molar-refractivity contribution in [1.82, 2.24) is 5.01 Å². The lowest BCUT2D eigenvalue weighted by Gasteiger charge is -2.10. The second kappa shape index (κ2) is 6.90. The molecule has 0 saturated heterocycles. The molecule has 0 aliphatic heterocycles. The fourth-order valence-electron chi connectivity index (χ4n) is 1.15. The van der Waals surface area contributed by atoms with Crippen LogP contribution in [0, 0.1) is 0 Å². The molecule has 0 aliphatic carbocycles. The fourth-order valence-corrected chi connectivity index (χ4v) is 1.15. The van der Waals surface area contributed by atoms with Crippen molar-refractivity contribution in [1.29, 1.82) is 0 Å². The summed E-state index contributed by atoms with van der Waals surface area (Å²) in [6.07, 6.45) is -2.91. The summed E-state index contributed by atoms with van der Waals surface area (Å²) in [5.74, 6) is 5.33. The van der Waals surface area contributed by atoms with Gasteiger partial charge in [-0.05, 0) is 17.7 Å². The monoisotopic (exact) mass is 261 g/mol. The van der Waals surface area contributed by atoms with Crippen molar-refractivity contribution in [2.75, 3.05) is 7.05 Å². The molecule has 0 radical (unpaired) electrons. The minimum absolute atomic E-state index is 0.304. The summed E-state index contributed by atoms with van der Waals surface area (Å²) >= 11 is 0. The quantitative estimate of drug-likeness (QED) is 0.635. The lowest BCUT2D eigenvalue weighted by atomic mass is 10.1. The van der Waals surface area contributed by atoms with Gasteiger partial charge in [-0.2, -0.15) is 13.2 Å². The Bertz CT molecular complexity index is 381. The van der Waals surface area contributed by atoms with Crippen molar-refractivity contribution in [3.8, 4) is 0 Å². The Hall–Kier alpha value is -1.69. The average Bonchev–Trinajstić information content (AvgIpc) is 2.30. The first-order chi connectivity index (χ1) is 8.30. The van der Waals surface area contributed by atoms with E-state index in [0.29, 0.717) is 11.3 Å². The topological polar surface area (TPSA) is 55.3 Å². The average molecular weight is 261 g/mol. The molecule has 18 heavy (non-hydrogen) atoms. The number of hydrazine groups is 1. The van der Waals surface area contributed by atoms with Gasteiger partial charge in [0, 0.05) is 13.2 Å². The molecule has 0 aliphatic rings. The van der Waals surface area contributed by atoms with Gasteiger partial charge in [0.15, 0.2) is 0 Å². The van der Waals surface area contributed by atoms with E-state index in [0.717, 1.165) is 12.1 Å². The Morgan fingerprint density at radius 3 is 1.94 bits per heavy atom. The van der Waals surface area contributed by atoms with Gasteiger partial charge in [0.25, 0.3) is 0 Å². The Morgan fingerprint density at radius 1 is 1.17 bits per heavy atom. The number of nitrogens with zero attached hydrogens (tertiary/aromatic N) is 1. The molecule has 6 heteroatoms. The summed E-state index contributed by atoms with van der Waals surface area (Å²) in [5, 5.41) is 1.23. The predicted octanol–water partition coefficient (Wildman–Crippen LogP) is 2.79. The lowest BCUT2D eigenvalue weighted by molar-refractivity contribution is -0.137. The standard InChI is InChI=1S/C10H12F3N3.C2H6/c1-16(15)6-9(14)7-2-4-8(5-3-7)10(11,12)13;1-2/h2-6H,14-15H2,1H3;1-2H3/b9-6-;. The second-order valence-corrected chi connectivity index (χ2v) is 3.33. The first-order valence-corrected chi connectivity index (χ1v) is 5.43. The van der Waals surface area contributed by atoms with Gasteiger partial charge in [-0.3, -0.25) is 0 Å². The van der Waals surface area contributed by atoms with E-state index in [1.807, 2.05) is 13.8 Å². The number of nitrogens with two attached hydrogens (primary N) is 2. The highest BCUT2D eigenvalue weighted by atomic mass is 19.4. The van der Waals surface area contributed by atoms with Gasteiger partial charge in [-0.15, -0.1) is 0 Å². The van der Waals surface area contributed by atoms with Crippen LogP contribution >= 0.6 is 0 Å². The van der Waals surface area contributed by atoms with Gasteiger partial charge >= 0.3 is 6.18 Å². The van der Waals surface area contributed by atoms with Crippen molar-refractivity contribution in [2.45, 2.75) is 20.0 Å². The number of hydrogen-bond acceptors (Lipinski definition) is 3. The van der Waals surface area contributed by atoms with Crippen molar-refractivity contribution in [3.05, 3.63) is 41.6 Å². The SMILES string of the molecule is CC.CN(N)/C=C(\N)c1ccc(C(F)(F)F)cc1. The highest BCUT2D eigenvalue weighted by Crippen LogP contribution is 2.29. The second-order valence-electron chi connectivity index (χ2n) is 3.33. The first kappa shape index (κ1) is 16.3. The van der Waals surface area contributed by atoms with E-state index < -0.39 is 11.7 Å². The minimum atomic E-state index is -4.33. The minimum Gasteiger partial charge on any atom is -0.397 e. The van der Waals surface area contributed by atoms with E-state index in [9.17, 15) is 13.2 Å². The van der Waals surface area contributed by atoms with Crippen LogP contribution in [0.1, 0.15) is 25.0 Å². The molecule has 3 nitrogen and oxygen atoms in total. The Labute approximate surface area is 105 Å². The van der Waals surface area contributed by atoms with Crippen LogP contribution in [0.5, 0.6) is 0 Å². The highest BCUT2D eigenvalue weighted by molar-refractivity contribution is 5.62. The van der Waals surface area contributed by atoms with Crippen LogP contribution in [0.3, 0.4) is 0 Å². The molecule has 0 spiro atoms. The molecule has 0 aromatic heterocycles. The molecule has 102 valence electrons. The number of alkyl halides is 3. The van der Waals surface area contributed by atoms with E-state index in [1.165, 1.54) is 23.3 Å². The summed E-state index contributed by atoms with van der Waals surface area (Å²) in [4.78, 5) is 0. The van der Waals surface area contributed by atoms with E-state index in [2.05, 4.69) is 0 Å². The van der Waals surface area contributed by atoms with Gasteiger partial charge in [-0.1, -0.05) is 26.0 Å². The van der Waals surface area contributed by atoms with Gasteiger partial charge in [0.05, 0.1) is 11.3 Å². The lowest BCUT2D eigenvalue weighted by Crippen LogP contribution is -2.20. The molecule has 0 atom stereocenters. The normalized spacial score (nSPS) is 11.6. The molecule has 0 unspecified atom stereocenters. The molecule has 0 saturated carbocycles. The Morgan fingerprint density at radius 2 is 1.61 bits per heavy atom. The van der Waals surface area contributed by atoms with Crippen LogP contribution in [-0.4, -0.2) is 12.1 Å². The van der Waals surface area contributed by atoms with Crippen molar-refractivity contribution in [2.24, 2.45) is 11.6 Å². The molecule has 0 fully saturated rings. The zero-order chi connectivity index (χ0) is 14.3. The van der Waals surface area contributed by atoms with E-state index >= 15 is 0 Å². The van der Waals surface area contributed by atoms with Gasteiger partial charge in [0.2, 0.25) is 0 Å². The van der Waals surface area contributed by atoms with Crippen molar-refractivity contribution in [3.63, 3.8) is 0 Å². The molecule has 4 N–H and O–H groups in total. The summed E-state index contributed by atoms with van der Waals surface area (Å²) < 4.78 is 36.8. The molecule has 0 amide bonds. The molecule has 1 rings (SSSR count). The Kier molecular flexibility index (Phi) is 6.26. The Balaban J connectivity index is 0.00000137. The van der Waals surface area contributed by atoms with E-state index in [-0.39, 0.29) is 0 Å². The highest BCUT2D eigenvalue weighted by Gasteiger charge is 2.29. The number of benzene rings is 1. The third kappa shape index (κ3) is 5.09. The maximum atomic E-state index is 12.3. The van der Waals surface area contributed by atoms with Gasteiger partial charge in [0.1, 0.15) is 0 Å². The maximum absolute atomic E-state index is 12.3. The molecule has 1 aromatic carbocycles. The van der Waals surface area contributed by atoms with Gasteiger partial charge < -0.3 is 10.7 Å². The van der Waals surface area contributed by atoms with Crippen LogP contribution < -0.4 is 11.6 Å². The molecule has 0 heterocycles. The summed E-state index contributed by atoms with van der Waals surface area (Å²) in [6, 6.07) is 4.56.